The molecule has 1 heterocycles. The van der Waals surface area contributed by atoms with Gasteiger partial charge in [0.05, 0.1) is 6.04 Å². The molecule has 2 aromatic rings. The fraction of sp³-hybridized carbons (Fsp3) is 0.400. The highest BCUT2D eigenvalue weighted by atomic mass is 32.1. The van der Waals surface area contributed by atoms with Gasteiger partial charge >= 0.3 is 0 Å². The van der Waals surface area contributed by atoms with E-state index in [1.54, 1.807) is 0 Å². The zero-order chi connectivity index (χ0) is 13.3. The molecule has 0 radical (unpaired) electrons. The first-order chi connectivity index (χ1) is 8.41. The number of hydrogen-bond acceptors (Lipinski definition) is 1. The maximum absolute atomic E-state index is 5.43. The molecule has 2 nitrogen and oxygen atoms in total. The minimum atomic E-state index is 0.0800. The van der Waals surface area contributed by atoms with Crippen LogP contribution in [-0.4, -0.2) is 9.55 Å². The lowest BCUT2D eigenvalue weighted by atomic mass is 9.92. The molecule has 0 amide bonds. The Labute approximate surface area is 114 Å². The Morgan fingerprint density at radius 2 is 1.78 bits per heavy atom. The van der Waals surface area contributed by atoms with Crippen molar-refractivity contribution in [1.82, 2.24) is 9.55 Å². The zero-order valence-corrected chi connectivity index (χ0v) is 12.2. The smallest absolute Gasteiger partial charge is 0.177 e. The molecule has 0 aliphatic carbocycles. The van der Waals surface area contributed by atoms with Gasteiger partial charge in [-0.05, 0) is 24.7 Å². The fourth-order valence-corrected chi connectivity index (χ4v) is 2.54. The van der Waals surface area contributed by atoms with Crippen molar-refractivity contribution in [2.75, 3.05) is 0 Å². The van der Waals surface area contributed by atoms with Gasteiger partial charge in [0.25, 0.3) is 0 Å². The second-order valence-corrected chi connectivity index (χ2v) is 6.07. The van der Waals surface area contributed by atoms with E-state index in [9.17, 15) is 0 Å². The summed E-state index contributed by atoms with van der Waals surface area (Å²) in [7, 11) is 0. The molecule has 18 heavy (non-hydrogen) atoms. The molecule has 0 aliphatic rings. The van der Waals surface area contributed by atoms with Gasteiger partial charge in [-0.15, -0.1) is 0 Å². The van der Waals surface area contributed by atoms with Gasteiger partial charge in [-0.1, -0.05) is 51.1 Å². The van der Waals surface area contributed by atoms with Crippen molar-refractivity contribution >= 4 is 12.2 Å². The number of H-pyrrole nitrogens is 1. The topological polar surface area (TPSA) is 20.7 Å². The van der Waals surface area contributed by atoms with E-state index in [-0.39, 0.29) is 11.5 Å². The summed E-state index contributed by atoms with van der Waals surface area (Å²) in [5.74, 6) is 0. The fourth-order valence-electron chi connectivity index (χ4n) is 2.22. The van der Waals surface area contributed by atoms with E-state index in [2.05, 4.69) is 61.5 Å². The van der Waals surface area contributed by atoms with E-state index in [1.807, 2.05) is 12.3 Å². The number of hydrogen-bond donors (Lipinski definition) is 1. The predicted octanol–water partition coefficient (Wildman–Crippen LogP) is 4.45. The molecule has 1 aromatic carbocycles. The van der Waals surface area contributed by atoms with Crippen LogP contribution >= 0.6 is 12.2 Å². The molecule has 1 N–H and O–H groups in total. The molecule has 1 atom stereocenters. The average Bonchev–Trinajstić information content (AvgIpc) is 2.71. The molecule has 0 bridgehead atoms. The number of nitrogens with one attached hydrogen (secondary N) is 1. The molecule has 1 unspecified atom stereocenters. The molecule has 0 saturated heterocycles. The number of aromatic amines is 1. The minimum Gasteiger partial charge on any atom is -0.337 e. The summed E-state index contributed by atoms with van der Waals surface area (Å²) in [5, 5.41) is 0. The van der Waals surface area contributed by atoms with Crippen LogP contribution in [0.3, 0.4) is 0 Å². The second-order valence-electron chi connectivity index (χ2n) is 5.69. The molecule has 0 spiro atoms. The SMILES string of the molecule is CC(c1ccccc1)n1c(C(C)(C)C)c[nH]c1=S. The van der Waals surface area contributed by atoms with Crippen molar-refractivity contribution in [3.8, 4) is 0 Å². The predicted molar refractivity (Wildman–Crippen MR) is 78.6 cm³/mol. The van der Waals surface area contributed by atoms with Crippen LogP contribution in [0, 0.1) is 4.77 Å². The van der Waals surface area contributed by atoms with Gasteiger partial charge in [0.15, 0.2) is 4.77 Å². The Balaban J connectivity index is 2.52. The second kappa shape index (κ2) is 4.73. The number of benzene rings is 1. The Bertz CT molecular complexity index is 573. The quantitative estimate of drug-likeness (QED) is 0.791. The summed E-state index contributed by atoms with van der Waals surface area (Å²) in [6.07, 6.45) is 2.03. The summed E-state index contributed by atoms with van der Waals surface area (Å²) >= 11 is 5.43. The standard InChI is InChI=1S/C15H20N2S/c1-11(12-8-6-5-7-9-12)17-13(15(2,3)4)10-16-14(17)18/h5-11H,1-4H3,(H,16,18). The van der Waals surface area contributed by atoms with Crippen LogP contribution in [0.2, 0.25) is 0 Å². The van der Waals surface area contributed by atoms with Crippen molar-refractivity contribution in [3.63, 3.8) is 0 Å². The molecular weight excluding hydrogens is 240 g/mol. The molecule has 3 heteroatoms. The summed E-state index contributed by atoms with van der Waals surface area (Å²) in [6.45, 7) is 8.81. The molecule has 0 aliphatic heterocycles. The summed E-state index contributed by atoms with van der Waals surface area (Å²) in [4.78, 5) is 3.17. The summed E-state index contributed by atoms with van der Waals surface area (Å²) in [6, 6.07) is 10.7. The normalized spacial score (nSPS) is 13.6. The van der Waals surface area contributed by atoms with Crippen LogP contribution in [0.15, 0.2) is 36.5 Å². The summed E-state index contributed by atoms with van der Waals surface area (Å²) < 4.78 is 3.00. The van der Waals surface area contributed by atoms with Crippen LogP contribution in [0.5, 0.6) is 0 Å². The van der Waals surface area contributed by atoms with Crippen molar-refractivity contribution in [3.05, 3.63) is 52.6 Å². The van der Waals surface area contributed by atoms with Gasteiger partial charge in [-0.3, -0.25) is 0 Å². The lowest BCUT2D eigenvalue weighted by Crippen LogP contribution is -2.20. The molecule has 96 valence electrons. The number of imidazole rings is 1. The monoisotopic (exact) mass is 260 g/mol. The zero-order valence-electron chi connectivity index (χ0n) is 11.4. The third-order valence-corrected chi connectivity index (χ3v) is 3.56. The lowest BCUT2D eigenvalue weighted by molar-refractivity contribution is 0.495. The first kappa shape index (κ1) is 13.1. The van der Waals surface area contributed by atoms with Gasteiger partial charge in [0.1, 0.15) is 0 Å². The Kier molecular flexibility index (Phi) is 3.44. The van der Waals surface area contributed by atoms with Crippen molar-refractivity contribution in [2.24, 2.45) is 0 Å². The van der Waals surface area contributed by atoms with Gasteiger partial charge in [-0.2, -0.15) is 0 Å². The van der Waals surface area contributed by atoms with E-state index >= 15 is 0 Å². The average molecular weight is 260 g/mol. The molecule has 0 saturated carbocycles. The van der Waals surface area contributed by atoms with E-state index in [0.29, 0.717) is 0 Å². The van der Waals surface area contributed by atoms with Crippen molar-refractivity contribution < 1.29 is 0 Å². The summed E-state index contributed by atoms with van der Waals surface area (Å²) in [5.41, 5.74) is 2.60. The molecule has 1 aromatic heterocycles. The Morgan fingerprint density at radius 3 is 2.33 bits per heavy atom. The van der Waals surface area contributed by atoms with Crippen molar-refractivity contribution in [2.45, 2.75) is 39.2 Å². The number of nitrogens with zero attached hydrogens (tertiary/aromatic N) is 1. The Hall–Kier alpha value is -1.35. The van der Waals surface area contributed by atoms with Gasteiger partial charge in [0, 0.05) is 17.3 Å². The number of aromatic nitrogens is 2. The maximum atomic E-state index is 5.43. The molecule has 0 fully saturated rings. The highest BCUT2D eigenvalue weighted by molar-refractivity contribution is 7.71. The van der Waals surface area contributed by atoms with Crippen LogP contribution in [-0.2, 0) is 5.41 Å². The highest BCUT2D eigenvalue weighted by Crippen LogP contribution is 2.28. The van der Waals surface area contributed by atoms with E-state index in [0.717, 1.165) is 4.77 Å². The van der Waals surface area contributed by atoms with Crippen LogP contribution in [0.1, 0.15) is 45.0 Å². The molecular formula is C15H20N2S. The number of rotatable bonds is 2. The van der Waals surface area contributed by atoms with Gasteiger partial charge in [0.2, 0.25) is 0 Å². The van der Waals surface area contributed by atoms with Crippen LogP contribution in [0.25, 0.3) is 0 Å². The van der Waals surface area contributed by atoms with Crippen molar-refractivity contribution in [1.29, 1.82) is 0 Å². The van der Waals surface area contributed by atoms with E-state index < -0.39 is 0 Å². The Morgan fingerprint density at radius 1 is 1.17 bits per heavy atom. The van der Waals surface area contributed by atoms with Gasteiger partial charge < -0.3 is 9.55 Å². The minimum absolute atomic E-state index is 0.0800. The van der Waals surface area contributed by atoms with E-state index in [1.165, 1.54) is 11.3 Å². The molecule has 2 rings (SSSR count). The highest BCUT2D eigenvalue weighted by Gasteiger charge is 2.22. The third kappa shape index (κ3) is 2.41. The van der Waals surface area contributed by atoms with Crippen LogP contribution in [0.4, 0.5) is 0 Å². The first-order valence-corrected chi connectivity index (χ1v) is 6.67. The largest absolute Gasteiger partial charge is 0.337 e. The third-order valence-electron chi connectivity index (χ3n) is 3.25. The lowest BCUT2D eigenvalue weighted by Gasteiger charge is -2.25. The maximum Gasteiger partial charge on any atom is 0.177 e. The van der Waals surface area contributed by atoms with Crippen LogP contribution < -0.4 is 0 Å². The van der Waals surface area contributed by atoms with E-state index in [4.69, 9.17) is 12.2 Å². The first-order valence-electron chi connectivity index (χ1n) is 6.26. The van der Waals surface area contributed by atoms with Gasteiger partial charge in [-0.25, -0.2) is 0 Å².